The molecule has 1 saturated heterocycles. The van der Waals surface area contributed by atoms with Crippen LogP contribution in [0.25, 0.3) is 22.3 Å². The van der Waals surface area contributed by atoms with Crippen LogP contribution < -0.4 is 0 Å². The van der Waals surface area contributed by atoms with Gasteiger partial charge in [0.15, 0.2) is 0 Å². The number of hydrogen-bond donors (Lipinski definition) is 0. The van der Waals surface area contributed by atoms with Gasteiger partial charge in [0.25, 0.3) is 0 Å². The molecule has 0 bridgehead atoms. The number of nitrogens with zero attached hydrogens (tertiary/aromatic N) is 4. The average Bonchev–Trinajstić information content (AvgIpc) is 3.31. The highest BCUT2D eigenvalue weighted by molar-refractivity contribution is 6.76. The normalized spacial score (nSPS) is 17.9. The molecule has 0 spiro atoms. The number of rotatable bonds is 7. The van der Waals surface area contributed by atoms with Crippen molar-refractivity contribution in [3.8, 4) is 11.3 Å². The van der Waals surface area contributed by atoms with E-state index in [0.717, 1.165) is 54.4 Å². The van der Waals surface area contributed by atoms with Crippen LogP contribution >= 0.6 is 11.6 Å². The minimum absolute atomic E-state index is 0.0179. The summed E-state index contributed by atoms with van der Waals surface area (Å²) in [5.74, 6) is 0. The van der Waals surface area contributed by atoms with Crippen LogP contribution in [-0.4, -0.2) is 40.6 Å². The average molecular weight is 433 g/mol. The van der Waals surface area contributed by atoms with Crippen LogP contribution in [0.5, 0.6) is 0 Å². The molecule has 3 aromatic rings. The molecule has 3 aromatic heterocycles. The van der Waals surface area contributed by atoms with Crippen molar-refractivity contribution in [2.45, 2.75) is 57.9 Å². The van der Waals surface area contributed by atoms with Crippen molar-refractivity contribution in [3.63, 3.8) is 0 Å². The van der Waals surface area contributed by atoms with E-state index in [-0.39, 0.29) is 6.23 Å². The molecule has 4 rings (SSSR count). The summed E-state index contributed by atoms with van der Waals surface area (Å²) in [4.78, 5) is 4.56. The lowest BCUT2D eigenvalue weighted by Gasteiger charge is -2.22. The van der Waals surface area contributed by atoms with Gasteiger partial charge in [-0.3, -0.25) is 0 Å². The van der Waals surface area contributed by atoms with E-state index >= 15 is 0 Å². The van der Waals surface area contributed by atoms with E-state index in [1.165, 1.54) is 6.42 Å². The second-order valence-electron chi connectivity index (χ2n) is 8.85. The molecule has 8 heteroatoms. The Morgan fingerprint density at radius 3 is 2.90 bits per heavy atom. The SMILES string of the molecule is C[Si](C)(C)CCOCn1cc(-c2ccn(C3CCCCO3)n2)c2c(Cl)ccnc21. The van der Waals surface area contributed by atoms with E-state index in [2.05, 4.69) is 24.6 Å². The van der Waals surface area contributed by atoms with Gasteiger partial charge in [-0.1, -0.05) is 31.2 Å². The Kier molecular flexibility index (Phi) is 6.10. The second kappa shape index (κ2) is 8.59. The Balaban J connectivity index is 1.60. The Hall–Kier alpha value is -1.67. The molecule has 1 atom stereocenters. The predicted molar refractivity (Wildman–Crippen MR) is 119 cm³/mol. The third-order valence-electron chi connectivity index (χ3n) is 5.27. The summed E-state index contributed by atoms with van der Waals surface area (Å²) in [6, 6.07) is 4.98. The van der Waals surface area contributed by atoms with Crippen molar-refractivity contribution in [1.82, 2.24) is 19.3 Å². The molecule has 1 aliphatic heterocycles. The summed E-state index contributed by atoms with van der Waals surface area (Å²) < 4.78 is 15.8. The van der Waals surface area contributed by atoms with Gasteiger partial charge in [0.05, 0.1) is 10.7 Å². The lowest BCUT2D eigenvalue weighted by atomic mass is 10.1. The van der Waals surface area contributed by atoms with Gasteiger partial charge < -0.3 is 14.0 Å². The van der Waals surface area contributed by atoms with Gasteiger partial charge in [-0.2, -0.15) is 5.10 Å². The minimum Gasteiger partial charge on any atom is -0.361 e. The van der Waals surface area contributed by atoms with Crippen molar-refractivity contribution < 1.29 is 9.47 Å². The maximum absolute atomic E-state index is 6.55. The summed E-state index contributed by atoms with van der Waals surface area (Å²) in [6.45, 7) is 9.08. The summed E-state index contributed by atoms with van der Waals surface area (Å²) >= 11 is 6.55. The molecule has 0 saturated carbocycles. The Morgan fingerprint density at radius 1 is 1.28 bits per heavy atom. The smallest absolute Gasteiger partial charge is 0.150 e. The van der Waals surface area contributed by atoms with Crippen LogP contribution in [-0.2, 0) is 16.2 Å². The summed E-state index contributed by atoms with van der Waals surface area (Å²) in [6.07, 6.45) is 9.08. The zero-order valence-electron chi connectivity index (χ0n) is 17.4. The van der Waals surface area contributed by atoms with Crippen LogP contribution in [0.15, 0.2) is 30.7 Å². The highest BCUT2D eigenvalue weighted by Gasteiger charge is 2.20. The number of ether oxygens (including phenoxy) is 2. The Bertz CT molecular complexity index is 973. The molecule has 6 nitrogen and oxygen atoms in total. The van der Waals surface area contributed by atoms with E-state index < -0.39 is 8.07 Å². The monoisotopic (exact) mass is 432 g/mol. The predicted octanol–water partition coefficient (Wildman–Crippen LogP) is 5.56. The van der Waals surface area contributed by atoms with Gasteiger partial charge in [0.2, 0.25) is 0 Å². The van der Waals surface area contributed by atoms with Crippen molar-refractivity contribution in [2.75, 3.05) is 13.2 Å². The second-order valence-corrected chi connectivity index (χ2v) is 14.9. The molecule has 1 aliphatic rings. The van der Waals surface area contributed by atoms with E-state index in [0.29, 0.717) is 11.8 Å². The van der Waals surface area contributed by atoms with Crippen LogP contribution in [0.1, 0.15) is 25.5 Å². The molecule has 0 radical (unpaired) electrons. The van der Waals surface area contributed by atoms with Crippen molar-refractivity contribution in [2.24, 2.45) is 0 Å². The molecule has 156 valence electrons. The van der Waals surface area contributed by atoms with Crippen LogP contribution in [0.4, 0.5) is 0 Å². The van der Waals surface area contributed by atoms with Crippen LogP contribution in [0, 0.1) is 0 Å². The van der Waals surface area contributed by atoms with Gasteiger partial charge in [-0.25, -0.2) is 9.67 Å². The van der Waals surface area contributed by atoms with Crippen LogP contribution in [0.2, 0.25) is 30.7 Å². The van der Waals surface area contributed by atoms with Gasteiger partial charge in [0.1, 0.15) is 18.6 Å². The number of fused-ring (bicyclic) bond motifs is 1. The molecule has 0 aliphatic carbocycles. The maximum Gasteiger partial charge on any atom is 0.150 e. The Labute approximate surface area is 177 Å². The highest BCUT2D eigenvalue weighted by Crippen LogP contribution is 2.34. The maximum atomic E-state index is 6.55. The summed E-state index contributed by atoms with van der Waals surface area (Å²) in [5, 5.41) is 6.38. The topological polar surface area (TPSA) is 54.1 Å². The first-order valence-corrected chi connectivity index (χ1v) is 14.4. The first kappa shape index (κ1) is 20.6. The Morgan fingerprint density at radius 2 is 2.14 bits per heavy atom. The number of aromatic nitrogens is 4. The van der Waals surface area contributed by atoms with Gasteiger partial charge in [-0.15, -0.1) is 0 Å². The van der Waals surface area contributed by atoms with Gasteiger partial charge >= 0.3 is 0 Å². The van der Waals surface area contributed by atoms with E-state index in [1.807, 2.05) is 33.8 Å². The van der Waals surface area contributed by atoms with Crippen LogP contribution in [0.3, 0.4) is 0 Å². The molecule has 0 aromatic carbocycles. The number of halogens is 1. The molecule has 0 amide bonds. The summed E-state index contributed by atoms with van der Waals surface area (Å²) in [5.41, 5.74) is 2.67. The third-order valence-corrected chi connectivity index (χ3v) is 7.29. The molecule has 29 heavy (non-hydrogen) atoms. The lowest BCUT2D eigenvalue weighted by molar-refractivity contribution is -0.0393. The zero-order valence-corrected chi connectivity index (χ0v) is 19.2. The third kappa shape index (κ3) is 4.74. The summed E-state index contributed by atoms with van der Waals surface area (Å²) in [7, 11) is -1.11. The lowest BCUT2D eigenvalue weighted by Crippen LogP contribution is -2.22. The van der Waals surface area contributed by atoms with Crippen molar-refractivity contribution >= 4 is 30.7 Å². The zero-order chi connectivity index (χ0) is 20.4. The quantitative estimate of drug-likeness (QED) is 0.362. The molecular formula is C21H29ClN4O2Si. The molecule has 1 unspecified atom stereocenters. The first-order chi connectivity index (χ1) is 13.9. The fourth-order valence-corrected chi connectivity index (χ4v) is 4.58. The first-order valence-electron chi connectivity index (χ1n) is 10.3. The van der Waals surface area contributed by atoms with E-state index in [4.69, 9.17) is 26.2 Å². The van der Waals surface area contributed by atoms with Gasteiger partial charge in [0, 0.05) is 50.8 Å². The largest absolute Gasteiger partial charge is 0.361 e. The van der Waals surface area contributed by atoms with Crippen molar-refractivity contribution in [1.29, 1.82) is 0 Å². The fourth-order valence-electron chi connectivity index (χ4n) is 3.58. The molecular weight excluding hydrogens is 404 g/mol. The molecule has 0 N–H and O–H groups in total. The van der Waals surface area contributed by atoms with Crippen molar-refractivity contribution in [3.05, 3.63) is 35.7 Å². The minimum atomic E-state index is -1.11. The fraction of sp³-hybridized carbons (Fsp3) is 0.524. The molecule has 4 heterocycles. The highest BCUT2D eigenvalue weighted by atomic mass is 35.5. The van der Waals surface area contributed by atoms with E-state index in [9.17, 15) is 0 Å². The standard InChI is InChI=1S/C21H29ClN4O2Si/c1-29(2,3)13-12-27-15-25-14-16(20-17(22)7-9-23-21(20)25)18-8-10-26(24-18)19-6-4-5-11-28-19/h7-10,14,19H,4-6,11-13,15H2,1-3H3. The van der Waals surface area contributed by atoms with E-state index in [1.54, 1.807) is 6.20 Å². The van der Waals surface area contributed by atoms with Gasteiger partial charge in [-0.05, 0) is 37.4 Å². The number of hydrogen-bond acceptors (Lipinski definition) is 4. The molecule has 1 fully saturated rings. The number of pyridine rings is 1.